The fraction of sp³-hybridized carbons (Fsp3) is 0.0357. The minimum absolute atomic E-state index is 0.165. The van der Waals surface area contributed by atoms with Crippen molar-refractivity contribution in [3.05, 3.63) is 112 Å². The van der Waals surface area contributed by atoms with Crippen molar-refractivity contribution in [3.63, 3.8) is 0 Å². The Morgan fingerprint density at radius 1 is 1.03 bits per heavy atom. The van der Waals surface area contributed by atoms with Gasteiger partial charge < -0.3 is 9.15 Å². The number of carbonyl (C=O) groups is 1. The van der Waals surface area contributed by atoms with Gasteiger partial charge in [-0.25, -0.2) is 5.43 Å². The Labute approximate surface area is 209 Å². The molecule has 0 aliphatic carbocycles. The number of amides is 1. The number of ether oxygens (including phenoxy) is 1. The van der Waals surface area contributed by atoms with Crippen LogP contribution < -0.4 is 10.2 Å². The maximum atomic E-state index is 12.6. The lowest BCUT2D eigenvalue weighted by molar-refractivity contribution is 0.0929. The molecule has 35 heavy (non-hydrogen) atoms. The number of halogens is 1. The van der Waals surface area contributed by atoms with E-state index >= 15 is 0 Å². The second-order valence-electron chi connectivity index (χ2n) is 7.75. The van der Waals surface area contributed by atoms with Crippen LogP contribution in [0.15, 0.2) is 98.9 Å². The Morgan fingerprint density at radius 3 is 2.74 bits per heavy atom. The van der Waals surface area contributed by atoms with Crippen LogP contribution in [0.2, 0.25) is 0 Å². The zero-order valence-corrected chi connectivity index (χ0v) is 20.0. The summed E-state index contributed by atoms with van der Waals surface area (Å²) in [5.74, 6) is 0.292. The number of hydrogen-bond acceptors (Lipinski definition) is 5. The van der Waals surface area contributed by atoms with Gasteiger partial charge in [0.25, 0.3) is 0 Å². The number of furan rings is 1. The van der Waals surface area contributed by atoms with E-state index in [4.69, 9.17) is 9.15 Å². The highest BCUT2D eigenvalue weighted by atomic mass is 79.9. The molecule has 0 saturated heterocycles. The van der Waals surface area contributed by atoms with Crippen LogP contribution in [0.4, 0.5) is 0 Å². The van der Waals surface area contributed by atoms with Crippen LogP contribution >= 0.6 is 15.9 Å². The molecule has 0 aliphatic heterocycles. The lowest BCUT2D eigenvalue weighted by Crippen LogP contribution is -2.16. The summed E-state index contributed by atoms with van der Waals surface area (Å²) in [5.41, 5.74) is 5.21. The first-order chi connectivity index (χ1) is 17.1. The minimum Gasteiger partial charge on any atom is -0.488 e. The predicted octanol–water partition coefficient (Wildman–Crippen LogP) is 6.56. The van der Waals surface area contributed by atoms with Crippen molar-refractivity contribution in [2.45, 2.75) is 6.61 Å². The van der Waals surface area contributed by atoms with Gasteiger partial charge >= 0.3 is 5.91 Å². The maximum Gasteiger partial charge on any atom is 0.307 e. The van der Waals surface area contributed by atoms with E-state index in [-0.39, 0.29) is 12.4 Å². The van der Waals surface area contributed by atoms with E-state index < -0.39 is 5.91 Å². The van der Waals surface area contributed by atoms with Crippen molar-refractivity contribution in [2.75, 3.05) is 0 Å². The zero-order chi connectivity index (χ0) is 24.2. The second kappa shape index (κ2) is 9.84. The number of carbonyl (C=O) groups excluding carboxylic acids is 1. The number of hydrazone groups is 1. The Morgan fingerprint density at radius 2 is 1.86 bits per heavy atom. The first-order valence-corrected chi connectivity index (χ1v) is 11.6. The maximum absolute atomic E-state index is 12.6. The number of hydrogen-bond donors (Lipinski definition) is 1. The largest absolute Gasteiger partial charge is 0.488 e. The summed E-state index contributed by atoms with van der Waals surface area (Å²) >= 11 is 3.42. The summed E-state index contributed by atoms with van der Waals surface area (Å²) in [6.45, 7) is 0.226. The van der Waals surface area contributed by atoms with Gasteiger partial charge in [-0.15, -0.1) is 0 Å². The molecule has 0 spiro atoms. The standard InChI is InChI=1S/C28H18BrN3O3/c29-22-10-12-25-21(13-22)14-27(35-25)28(33)32-31-16-24-23-8-4-3-5-18(23)9-11-26(24)34-17-20-7-2-1-6-19(20)15-30/h1-14,16H,17H2,(H,32,33)/b31-16-. The molecule has 5 aromatic rings. The first kappa shape index (κ1) is 22.4. The Bertz CT molecular complexity index is 1630. The molecule has 1 N–H and O–H groups in total. The van der Waals surface area contributed by atoms with Crippen LogP contribution in [0.1, 0.15) is 27.2 Å². The number of fused-ring (bicyclic) bond motifs is 2. The molecule has 4 aromatic carbocycles. The lowest BCUT2D eigenvalue weighted by atomic mass is 10.0. The second-order valence-corrected chi connectivity index (χ2v) is 8.66. The van der Waals surface area contributed by atoms with Crippen molar-refractivity contribution in [1.82, 2.24) is 5.43 Å². The highest BCUT2D eigenvalue weighted by Gasteiger charge is 2.13. The molecule has 1 aromatic heterocycles. The van der Waals surface area contributed by atoms with Gasteiger partial charge in [0.1, 0.15) is 17.9 Å². The van der Waals surface area contributed by atoms with Gasteiger partial charge in [0, 0.05) is 21.0 Å². The van der Waals surface area contributed by atoms with E-state index in [1.54, 1.807) is 24.4 Å². The Kier molecular flexibility index (Phi) is 6.29. The van der Waals surface area contributed by atoms with Crippen molar-refractivity contribution in [3.8, 4) is 11.8 Å². The van der Waals surface area contributed by atoms with Crippen molar-refractivity contribution >= 4 is 49.8 Å². The van der Waals surface area contributed by atoms with E-state index in [9.17, 15) is 10.1 Å². The fourth-order valence-electron chi connectivity index (χ4n) is 3.78. The number of benzene rings is 4. The molecule has 6 nitrogen and oxygen atoms in total. The molecule has 0 bridgehead atoms. The molecular formula is C28H18BrN3O3. The molecule has 0 saturated carbocycles. The average Bonchev–Trinajstić information content (AvgIpc) is 3.31. The summed E-state index contributed by atoms with van der Waals surface area (Å²) in [7, 11) is 0. The topological polar surface area (TPSA) is 87.6 Å². The number of rotatable bonds is 6. The van der Waals surface area contributed by atoms with Gasteiger partial charge in [0.2, 0.25) is 0 Å². The third-order valence-electron chi connectivity index (χ3n) is 5.51. The Hall–Kier alpha value is -4.41. The van der Waals surface area contributed by atoms with Gasteiger partial charge in [0.05, 0.1) is 17.8 Å². The van der Waals surface area contributed by atoms with E-state index in [1.807, 2.05) is 66.7 Å². The number of nitrogens with zero attached hydrogens (tertiary/aromatic N) is 2. The summed E-state index contributed by atoms with van der Waals surface area (Å²) < 4.78 is 12.6. The monoisotopic (exact) mass is 523 g/mol. The molecule has 0 fully saturated rings. The van der Waals surface area contributed by atoms with E-state index in [0.29, 0.717) is 22.5 Å². The van der Waals surface area contributed by atoms with Crippen LogP contribution in [0.5, 0.6) is 5.75 Å². The van der Waals surface area contributed by atoms with Crippen LogP contribution in [0.25, 0.3) is 21.7 Å². The van der Waals surface area contributed by atoms with E-state index in [1.165, 1.54) is 0 Å². The lowest BCUT2D eigenvalue weighted by Gasteiger charge is -2.12. The van der Waals surface area contributed by atoms with Crippen LogP contribution in [0, 0.1) is 11.3 Å². The van der Waals surface area contributed by atoms with Crippen molar-refractivity contribution < 1.29 is 13.9 Å². The molecule has 5 rings (SSSR count). The molecule has 0 aliphatic rings. The fourth-order valence-corrected chi connectivity index (χ4v) is 4.16. The average molecular weight is 524 g/mol. The molecule has 1 amide bonds. The zero-order valence-electron chi connectivity index (χ0n) is 18.4. The number of nitrogens with one attached hydrogen (secondary N) is 1. The molecular weight excluding hydrogens is 506 g/mol. The summed E-state index contributed by atoms with van der Waals surface area (Å²) in [6.07, 6.45) is 1.56. The highest BCUT2D eigenvalue weighted by molar-refractivity contribution is 9.10. The van der Waals surface area contributed by atoms with Gasteiger partial charge in [-0.2, -0.15) is 10.4 Å². The smallest absolute Gasteiger partial charge is 0.307 e. The number of nitriles is 1. The van der Waals surface area contributed by atoms with Crippen LogP contribution in [0.3, 0.4) is 0 Å². The molecule has 170 valence electrons. The third kappa shape index (κ3) is 4.79. The van der Waals surface area contributed by atoms with E-state index in [0.717, 1.165) is 26.2 Å². The van der Waals surface area contributed by atoms with Crippen molar-refractivity contribution in [1.29, 1.82) is 5.26 Å². The Balaban J connectivity index is 1.40. The van der Waals surface area contributed by atoms with Gasteiger partial charge in [-0.3, -0.25) is 4.79 Å². The molecule has 7 heteroatoms. The molecule has 0 unspecified atom stereocenters. The first-order valence-electron chi connectivity index (χ1n) is 10.8. The van der Waals surface area contributed by atoms with E-state index in [2.05, 4.69) is 32.5 Å². The van der Waals surface area contributed by atoms with Gasteiger partial charge in [0.15, 0.2) is 5.76 Å². The minimum atomic E-state index is -0.459. The third-order valence-corrected chi connectivity index (χ3v) is 6.01. The van der Waals surface area contributed by atoms with Gasteiger partial charge in [-0.1, -0.05) is 64.5 Å². The molecule has 0 atom stereocenters. The van der Waals surface area contributed by atoms with Crippen molar-refractivity contribution in [2.24, 2.45) is 5.10 Å². The summed E-state index contributed by atoms with van der Waals surface area (Å²) in [4.78, 5) is 12.6. The van der Waals surface area contributed by atoms with Crippen LogP contribution in [-0.4, -0.2) is 12.1 Å². The highest BCUT2D eigenvalue weighted by Crippen LogP contribution is 2.28. The molecule has 1 heterocycles. The summed E-state index contributed by atoms with van der Waals surface area (Å²) in [6, 6.07) is 28.3. The quantitative estimate of drug-likeness (QED) is 0.201. The van der Waals surface area contributed by atoms with Crippen LogP contribution in [-0.2, 0) is 6.61 Å². The summed E-state index contributed by atoms with van der Waals surface area (Å²) in [5, 5.41) is 16.3. The normalized spacial score (nSPS) is 11.1. The molecule has 0 radical (unpaired) electrons. The van der Waals surface area contributed by atoms with Gasteiger partial charge in [-0.05, 0) is 47.2 Å². The predicted molar refractivity (Wildman–Crippen MR) is 138 cm³/mol. The SMILES string of the molecule is N#Cc1ccccc1COc1ccc2ccccc2c1/C=N\NC(=O)c1cc2cc(Br)ccc2o1.